The molecule has 15 heavy (non-hydrogen) atoms. The van der Waals surface area contributed by atoms with Crippen molar-refractivity contribution in [2.24, 2.45) is 0 Å². The standard InChI is InChI=1S/C9H17NO5/c1-2-15-6-4-8(12)10-5-3-7(11)9(13)14/h7,11H,2-6H2,1H3,(H,10,12)(H,13,14). The van der Waals surface area contributed by atoms with Crippen LogP contribution in [0.1, 0.15) is 19.8 Å². The van der Waals surface area contributed by atoms with E-state index in [-0.39, 0.29) is 25.3 Å². The maximum atomic E-state index is 11.0. The minimum Gasteiger partial charge on any atom is -0.479 e. The summed E-state index contributed by atoms with van der Waals surface area (Å²) in [5, 5.41) is 19.7. The first kappa shape index (κ1) is 13.9. The maximum Gasteiger partial charge on any atom is 0.332 e. The molecule has 6 heteroatoms. The summed E-state index contributed by atoms with van der Waals surface area (Å²) in [6.45, 7) is 2.90. The molecule has 1 atom stereocenters. The largest absolute Gasteiger partial charge is 0.479 e. The highest BCUT2D eigenvalue weighted by molar-refractivity contribution is 5.76. The number of rotatable bonds is 8. The third-order valence-electron chi connectivity index (χ3n) is 1.70. The second-order valence-electron chi connectivity index (χ2n) is 2.94. The maximum absolute atomic E-state index is 11.0. The molecule has 1 unspecified atom stereocenters. The average Bonchev–Trinajstić information content (AvgIpc) is 2.18. The summed E-state index contributed by atoms with van der Waals surface area (Å²) in [5.41, 5.74) is 0. The number of carboxylic acid groups (broad SMARTS) is 1. The van der Waals surface area contributed by atoms with Crippen LogP contribution in [-0.2, 0) is 14.3 Å². The van der Waals surface area contributed by atoms with Gasteiger partial charge in [-0.3, -0.25) is 4.79 Å². The molecule has 6 nitrogen and oxygen atoms in total. The molecule has 0 spiro atoms. The van der Waals surface area contributed by atoms with Crippen molar-refractivity contribution in [2.75, 3.05) is 19.8 Å². The predicted molar refractivity (Wildman–Crippen MR) is 52.4 cm³/mol. The van der Waals surface area contributed by atoms with Crippen molar-refractivity contribution in [3.8, 4) is 0 Å². The molecule has 0 aliphatic heterocycles. The number of carbonyl (C=O) groups is 2. The summed E-state index contributed by atoms with van der Waals surface area (Å²) >= 11 is 0. The normalized spacial score (nSPS) is 12.1. The van der Waals surface area contributed by atoms with Gasteiger partial charge in [-0.1, -0.05) is 0 Å². The summed E-state index contributed by atoms with van der Waals surface area (Å²) in [6, 6.07) is 0. The second kappa shape index (κ2) is 8.19. The number of aliphatic hydroxyl groups excluding tert-OH is 1. The van der Waals surface area contributed by atoms with Crippen molar-refractivity contribution >= 4 is 11.9 Å². The smallest absolute Gasteiger partial charge is 0.332 e. The second-order valence-corrected chi connectivity index (χ2v) is 2.94. The zero-order chi connectivity index (χ0) is 11.7. The van der Waals surface area contributed by atoms with Gasteiger partial charge in [0.25, 0.3) is 0 Å². The van der Waals surface area contributed by atoms with Crippen LogP contribution in [0, 0.1) is 0 Å². The highest BCUT2D eigenvalue weighted by Crippen LogP contribution is 1.90. The van der Waals surface area contributed by atoms with Gasteiger partial charge in [0.1, 0.15) is 0 Å². The van der Waals surface area contributed by atoms with Gasteiger partial charge in [0.2, 0.25) is 5.91 Å². The third kappa shape index (κ3) is 7.90. The zero-order valence-corrected chi connectivity index (χ0v) is 8.73. The number of aliphatic hydroxyl groups is 1. The lowest BCUT2D eigenvalue weighted by Gasteiger charge is -2.07. The Morgan fingerprint density at radius 1 is 1.47 bits per heavy atom. The molecule has 3 N–H and O–H groups in total. The van der Waals surface area contributed by atoms with Crippen LogP contribution in [0.3, 0.4) is 0 Å². The fraction of sp³-hybridized carbons (Fsp3) is 0.778. The van der Waals surface area contributed by atoms with Crippen LogP contribution in [0.15, 0.2) is 0 Å². The highest BCUT2D eigenvalue weighted by atomic mass is 16.5. The van der Waals surface area contributed by atoms with Gasteiger partial charge in [0, 0.05) is 26.0 Å². The van der Waals surface area contributed by atoms with Gasteiger partial charge in [-0.25, -0.2) is 4.79 Å². The molecule has 0 fully saturated rings. The Kier molecular flexibility index (Phi) is 7.57. The van der Waals surface area contributed by atoms with E-state index in [9.17, 15) is 9.59 Å². The molecule has 0 heterocycles. The molecule has 88 valence electrons. The summed E-state index contributed by atoms with van der Waals surface area (Å²) in [7, 11) is 0. The molecule has 0 aromatic rings. The Balaban J connectivity index is 3.42. The number of aliphatic carboxylic acids is 1. The molecular formula is C9H17NO5. The van der Waals surface area contributed by atoms with E-state index in [1.165, 1.54) is 0 Å². The van der Waals surface area contributed by atoms with Crippen LogP contribution in [0.4, 0.5) is 0 Å². The Morgan fingerprint density at radius 3 is 2.67 bits per heavy atom. The first-order valence-corrected chi connectivity index (χ1v) is 4.83. The van der Waals surface area contributed by atoms with Crippen LogP contribution in [0.5, 0.6) is 0 Å². The fourth-order valence-electron chi connectivity index (χ4n) is 0.869. The quantitative estimate of drug-likeness (QED) is 0.472. The first-order chi connectivity index (χ1) is 7.07. The molecule has 1 amide bonds. The third-order valence-corrected chi connectivity index (χ3v) is 1.70. The summed E-state index contributed by atoms with van der Waals surface area (Å²) in [5.74, 6) is -1.49. The van der Waals surface area contributed by atoms with E-state index in [1.807, 2.05) is 6.92 Å². The van der Waals surface area contributed by atoms with Gasteiger partial charge in [-0.15, -0.1) is 0 Å². The molecule has 0 saturated carbocycles. The van der Waals surface area contributed by atoms with Crippen molar-refractivity contribution in [2.45, 2.75) is 25.9 Å². The first-order valence-electron chi connectivity index (χ1n) is 4.83. The lowest BCUT2D eigenvalue weighted by molar-refractivity contribution is -0.147. The van der Waals surface area contributed by atoms with Crippen LogP contribution < -0.4 is 5.32 Å². The van der Waals surface area contributed by atoms with E-state index in [2.05, 4.69) is 5.32 Å². The van der Waals surface area contributed by atoms with Gasteiger partial charge in [-0.05, 0) is 6.92 Å². The summed E-state index contributed by atoms with van der Waals surface area (Å²) in [6.07, 6.45) is -1.16. The van der Waals surface area contributed by atoms with Gasteiger partial charge in [0.05, 0.1) is 6.61 Å². The van der Waals surface area contributed by atoms with Gasteiger partial charge in [0.15, 0.2) is 6.10 Å². The highest BCUT2D eigenvalue weighted by Gasteiger charge is 2.12. The van der Waals surface area contributed by atoms with E-state index in [4.69, 9.17) is 14.9 Å². The van der Waals surface area contributed by atoms with Gasteiger partial charge < -0.3 is 20.3 Å². The Morgan fingerprint density at radius 2 is 2.13 bits per heavy atom. The SMILES string of the molecule is CCOCCC(=O)NCCC(O)C(=O)O. The van der Waals surface area contributed by atoms with Crippen molar-refractivity contribution in [1.82, 2.24) is 5.32 Å². The lowest BCUT2D eigenvalue weighted by atomic mass is 10.2. The number of carbonyl (C=O) groups excluding carboxylic acids is 1. The molecule has 0 saturated heterocycles. The van der Waals surface area contributed by atoms with Crippen molar-refractivity contribution in [3.63, 3.8) is 0 Å². The Hall–Kier alpha value is -1.14. The van der Waals surface area contributed by atoms with Crippen molar-refractivity contribution in [1.29, 1.82) is 0 Å². The van der Waals surface area contributed by atoms with Crippen LogP contribution in [0.2, 0.25) is 0 Å². The number of carboxylic acids is 1. The number of ether oxygens (including phenoxy) is 1. The molecule has 0 radical (unpaired) electrons. The molecular weight excluding hydrogens is 202 g/mol. The van der Waals surface area contributed by atoms with E-state index >= 15 is 0 Å². The van der Waals surface area contributed by atoms with E-state index in [0.717, 1.165) is 0 Å². The fourth-order valence-corrected chi connectivity index (χ4v) is 0.869. The molecule has 0 aromatic carbocycles. The van der Waals surface area contributed by atoms with Gasteiger partial charge >= 0.3 is 5.97 Å². The zero-order valence-electron chi connectivity index (χ0n) is 8.73. The number of hydrogen-bond donors (Lipinski definition) is 3. The summed E-state index contributed by atoms with van der Waals surface area (Å²) in [4.78, 5) is 21.3. The van der Waals surface area contributed by atoms with Crippen LogP contribution in [-0.4, -0.2) is 48.0 Å². The predicted octanol–water partition coefficient (Wildman–Crippen LogP) is -0.635. The average molecular weight is 219 g/mol. The molecule has 0 bridgehead atoms. The summed E-state index contributed by atoms with van der Waals surface area (Å²) < 4.78 is 4.97. The molecule has 0 rings (SSSR count). The van der Waals surface area contributed by atoms with Crippen LogP contribution >= 0.6 is 0 Å². The van der Waals surface area contributed by atoms with Crippen molar-refractivity contribution in [3.05, 3.63) is 0 Å². The van der Waals surface area contributed by atoms with Crippen molar-refractivity contribution < 1.29 is 24.5 Å². The number of nitrogens with one attached hydrogen (secondary N) is 1. The van der Waals surface area contributed by atoms with E-state index in [0.29, 0.717) is 13.2 Å². The molecule has 0 aromatic heterocycles. The monoisotopic (exact) mass is 219 g/mol. The molecule has 0 aliphatic carbocycles. The number of amides is 1. The Bertz CT molecular complexity index is 207. The van der Waals surface area contributed by atoms with Gasteiger partial charge in [-0.2, -0.15) is 0 Å². The Labute approximate surface area is 88.2 Å². The minimum absolute atomic E-state index is 0.00963. The van der Waals surface area contributed by atoms with Crippen LogP contribution in [0.25, 0.3) is 0 Å². The lowest BCUT2D eigenvalue weighted by Crippen LogP contribution is -2.30. The van der Waals surface area contributed by atoms with E-state index < -0.39 is 12.1 Å². The topological polar surface area (TPSA) is 95.9 Å². The minimum atomic E-state index is -1.42. The van der Waals surface area contributed by atoms with E-state index in [1.54, 1.807) is 0 Å². The molecule has 0 aliphatic rings. The number of hydrogen-bond acceptors (Lipinski definition) is 4.